The van der Waals surface area contributed by atoms with Crippen LogP contribution in [0.15, 0.2) is 24.4 Å². The number of rotatable bonds is 3. The molecule has 0 N–H and O–H groups in total. The van der Waals surface area contributed by atoms with Gasteiger partial charge in [-0.2, -0.15) is 4.73 Å². The molecule has 2 fully saturated rings. The Balaban J connectivity index is 1.81. The lowest BCUT2D eigenvalue weighted by Crippen LogP contribution is -2.44. The van der Waals surface area contributed by atoms with Gasteiger partial charge in [-0.15, -0.1) is 0 Å². The second-order valence-electron chi connectivity index (χ2n) is 5.28. The third kappa shape index (κ3) is 2.44. The van der Waals surface area contributed by atoms with Gasteiger partial charge in [-0.3, -0.25) is 0 Å². The molecule has 102 valence electrons. The van der Waals surface area contributed by atoms with Crippen LogP contribution in [0.25, 0.3) is 0 Å². The molecule has 1 saturated carbocycles. The van der Waals surface area contributed by atoms with Gasteiger partial charge in [-0.05, 0) is 25.0 Å². The Morgan fingerprint density at radius 2 is 2.11 bits per heavy atom. The molecule has 1 aromatic heterocycles. The fourth-order valence-corrected chi connectivity index (χ4v) is 3.05. The van der Waals surface area contributed by atoms with Crippen LogP contribution in [0.5, 0.6) is 0 Å². The summed E-state index contributed by atoms with van der Waals surface area (Å²) in [6.07, 6.45) is 6.74. The molecule has 5 heteroatoms. The zero-order valence-corrected chi connectivity index (χ0v) is 11.5. The van der Waals surface area contributed by atoms with Gasteiger partial charge in [0.05, 0.1) is 18.1 Å². The van der Waals surface area contributed by atoms with Gasteiger partial charge < -0.3 is 9.57 Å². The molecule has 0 radical (unpaired) electrons. The SMILES string of the molecule is O=C(On1ccccc1=S)C1(C2CO2)CCCCC1. The number of carbonyl (C=O) groups is 1. The van der Waals surface area contributed by atoms with Crippen molar-refractivity contribution in [1.82, 2.24) is 4.73 Å². The van der Waals surface area contributed by atoms with Crippen molar-refractivity contribution >= 4 is 18.2 Å². The number of ether oxygens (including phenoxy) is 1. The zero-order valence-electron chi connectivity index (χ0n) is 10.7. The summed E-state index contributed by atoms with van der Waals surface area (Å²) >= 11 is 5.14. The molecule has 0 spiro atoms. The smallest absolute Gasteiger partial charge is 0.341 e. The van der Waals surface area contributed by atoms with E-state index >= 15 is 0 Å². The molecule has 1 atom stereocenters. The Labute approximate surface area is 117 Å². The van der Waals surface area contributed by atoms with E-state index in [9.17, 15) is 4.79 Å². The summed E-state index contributed by atoms with van der Waals surface area (Å²) < 4.78 is 7.27. The van der Waals surface area contributed by atoms with Gasteiger partial charge in [-0.1, -0.05) is 37.5 Å². The number of epoxide rings is 1. The van der Waals surface area contributed by atoms with Crippen molar-refractivity contribution in [3.63, 3.8) is 0 Å². The van der Waals surface area contributed by atoms with Crippen molar-refractivity contribution in [3.8, 4) is 0 Å². The van der Waals surface area contributed by atoms with E-state index in [0.29, 0.717) is 11.2 Å². The normalized spacial score (nSPS) is 24.7. The lowest BCUT2D eigenvalue weighted by Gasteiger charge is -2.33. The fourth-order valence-electron chi connectivity index (χ4n) is 2.88. The Morgan fingerprint density at radius 3 is 2.74 bits per heavy atom. The summed E-state index contributed by atoms with van der Waals surface area (Å²) in [5.74, 6) is -0.197. The Kier molecular flexibility index (Phi) is 3.41. The molecule has 0 bridgehead atoms. The van der Waals surface area contributed by atoms with Crippen molar-refractivity contribution in [2.24, 2.45) is 5.41 Å². The van der Waals surface area contributed by atoms with E-state index in [1.165, 1.54) is 11.2 Å². The predicted molar refractivity (Wildman–Crippen MR) is 72.1 cm³/mol. The molecule has 19 heavy (non-hydrogen) atoms. The van der Waals surface area contributed by atoms with Gasteiger partial charge in [0.2, 0.25) is 0 Å². The second kappa shape index (κ2) is 5.06. The summed E-state index contributed by atoms with van der Waals surface area (Å²) in [7, 11) is 0. The Bertz CT molecular complexity index is 529. The Hall–Kier alpha value is -1.20. The molecule has 1 aromatic rings. The van der Waals surface area contributed by atoms with Gasteiger partial charge in [0.15, 0.2) is 0 Å². The van der Waals surface area contributed by atoms with Crippen molar-refractivity contribution < 1.29 is 14.4 Å². The third-order valence-electron chi connectivity index (χ3n) is 4.07. The summed E-state index contributed by atoms with van der Waals surface area (Å²) in [5, 5.41) is 0. The molecule has 0 aromatic carbocycles. The molecule has 0 amide bonds. The van der Waals surface area contributed by atoms with Gasteiger partial charge in [0.25, 0.3) is 0 Å². The largest absolute Gasteiger partial charge is 0.372 e. The van der Waals surface area contributed by atoms with Gasteiger partial charge >= 0.3 is 5.97 Å². The number of hydrogen-bond acceptors (Lipinski definition) is 4. The highest BCUT2D eigenvalue weighted by Crippen LogP contribution is 2.45. The number of aromatic nitrogens is 1. The molecule has 1 aliphatic heterocycles. The van der Waals surface area contributed by atoms with Gasteiger partial charge in [0, 0.05) is 6.20 Å². The molecule has 2 heterocycles. The van der Waals surface area contributed by atoms with Gasteiger partial charge in [-0.25, -0.2) is 4.79 Å². The third-order valence-corrected chi connectivity index (χ3v) is 4.39. The van der Waals surface area contributed by atoms with Crippen molar-refractivity contribution in [1.29, 1.82) is 0 Å². The van der Waals surface area contributed by atoms with Crippen molar-refractivity contribution in [3.05, 3.63) is 29.0 Å². The standard InChI is InChI=1S/C14H17NO3S/c16-13(18-15-9-5-2-6-12(15)19)14(11-10-17-11)7-3-1-4-8-14/h2,5-6,9,11H,1,3-4,7-8,10H2. The number of carbonyl (C=O) groups excluding carboxylic acids is 1. The topological polar surface area (TPSA) is 43.8 Å². The van der Waals surface area contributed by atoms with Crippen LogP contribution in [-0.2, 0) is 9.53 Å². The molecular weight excluding hydrogens is 262 g/mol. The second-order valence-corrected chi connectivity index (χ2v) is 5.70. The van der Waals surface area contributed by atoms with Crippen molar-refractivity contribution in [2.75, 3.05) is 6.61 Å². The highest BCUT2D eigenvalue weighted by molar-refractivity contribution is 7.71. The lowest BCUT2D eigenvalue weighted by molar-refractivity contribution is -0.160. The van der Waals surface area contributed by atoms with E-state index in [0.717, 1.165) is 25.7 Å². The monoisotopic (exact) mass is 279 g/mol. The predicted octanol–water partition coefficient (Wildman–Crippen LogP) is 2.52. The average molecular weight is 279 g/mol. The van der Waals surface area contributed by atoms with Crippen LogP contribution in [0.1, 0.15) is 32.1 Å². The number of nitrogens with zero attached hydrogens (tertiary/aromatic N) is 1. The van der Waals surface area contributed by atoms with Crippen LogP contribution in [0.2, 0.25) is 0 Å². The molecule has 1 aliphatic carbocycles. The first-order valence-corrected chi connectivity index (χ1v) is 7.15. The molecule has 4 nitrogen and oxygen atoms in total. The first kappa shape index (κ1) is 12.8. The minimum atomic E-state index is -0.455. The average Bonchev–Trinajstić information content (AvgIpc) is 3.27. The number of hydrogen-bond donors (Lipinski definition) is 0. The first-order valence-electron chi connectivity index (χ1n) is 6.74. The molecular formula is C14H17NO3S. The fraction of sp³-hybridized carbons (Fsp3) is 0.571. The molecule has 2 aliphatic rings. The maximum absolute atomic E-state index is 12.6. The first-order chi connectivity index (χ1) is 9.22. The maximum atomic E-state index is 12.6. The zero-order chi connectivity index (χ0) is 13.3. The van der Waals surface area contributed by atoms with Gasteiger partial charge in [0.1, 0.15) is 4.64 Å². The summed E-state index contributed by atoms with van der Waals surface area (Å²) in [6.45, 7) is 0.676. The lowest BCUT2D eigenvalue weighted by atomic mass is 9.72. The minimum absolute atomic E-state index is 0.0400. The van der Waals surface area contributed by atoms with E-state index in [1.807, 2.05) is 6.07 Å². The number of pyridine rings is 1. The summed E-state index contributed by atoms with van der Waals surface area (Å²) in [5.41, 5.74) is -0.455. The summed E-state index contributed by atoms with van der Waals surface area (Å²) in [6, 6.07) is 5.36. The minimum Gasteiger partial charge on any atom is -0.372 e. The maximum Gasteiger partial charge on any atom is 0.341 e. The van der Waals surface area contributed by atoms with E-state index < -0.39 is 5.41 Å². The van der Waals surface area contributed by atoms with Crippen LogP contribution in [-0.4, -0.2) is 23.4 Å². The quantitative estimate of drug-likeness (QED) is 0.630. The highest BCUT2D eigenvalue weighted by atomic mass is 32.1. The van der Waals surface area contributed by atoms with E-state index in [-0.39, 0.29) is 12.1 Å². The van der Waals surface area contributed by atoms with Crippen LogP contribution >= 0.6 is 12.2 Å². The van der Waals surface area contributed by atoms with Crippen LogP contribution in [0, 0.1) is 10.1 Å². The van der Waals surface area contributed by atoms with Crippen LogP contribution in [0.3, 0.4) is 0 Å². The summed E-state index contributed by atoms with van der Waals surface area (Å²) in [4.78, 5) is 18.0. The van der Waals surface area contributed by atoms with E-state index in [4.69, 9.17) is 21.8 Å². The molecule has 3 rings (SSSR count). The van der Waals surface area contributed by atoms with Crippen molar-refractivity contribution in [2.45, 2.75) is 38.2 Å². The van der Waals surface area contributed by atoms with Crippen LogP contribution in [0.4, 0.5) is 0 Å². The van der Waals surface area contributed by atoms with E-state index in [2.05, 4.69) is 0 Å². The Morgan fingerprint density at radius 1 is 1.37 bits per heavy atom. The molecule has 1 unspecified atom stereocenters. The van der Waals surface area contributed by atoms with Crippen LogP contribution < -0.4 is 4.84 Å². The van der Waals surface area contributed by atoms with E-state index in [1.54, 1.807) is 18.3 Å². The highest BCUT2D eigenvalue weighted by Gasteiger charge is 2.54. The molecule has 1 saturated heterocycles.